The maximum Gasteiger partial charge on any atom is 0.192 e. The summed E-state index contributed by atoms with van der Waals surface area (Å²) in [6.45, 7) is 0.961. The van der Waals surface area contributed by atoms with Crippen molar-refractivity contribution in [1.82, 2.24) is 9.78 Å². The van der Waals surface area contributed by atoms with Crippen molar-refractivity contribution < 1.29 is 13.9 Å². The summed E-state index contributed by atoms with van der Waals surface area (Å²) in [5.74, 6) is -0.274. The molecule has 0 saturated heterocycles. The zero-order valence-corrected chi connectivity index (χ0v) is 13.8. The summed E-state index contributed by atoms with van der Waals surface area (Å²) < 4.78 is 20.8. The SMILES string of the molecule is COCCn1ncc(Br)c1C(=O)CSc1ccccc1F. The van der Waals surface area contributed by atoms with Crippen LogP contribution in [0.15, 0.2) is 39.8 Å². The van der Waals surface area contributed by atoms with E-state index >= 15 is 0 Å². The lowest BCUT2D eigenvalue weighted by atomic mass is 10.3. The predicted octanol–water partition coefficient (Wildman–Crippen LogP) is 3.41. The summed E-state index contributed by atoms with van der Waals surface area (Å²) in [7, 11) is 1.59. The fraction of sp³-hybridized carbons (Fsp3) is 0.286. The van der Waals surface area contributed by atoms with Crippen molar-refractivity contribution in [3.8, 4) is 0 Å². The largest absolute Gasteiger partial charge is 0.383 e. The molecule has 1 aromatic carbocycles. The van der Waals surface area contributed by atoms with E-state index in [9.17, 15) is 9.18 Å². The zero-order chi connectivity index (χ0) is 15.2. The number of halogens is 2. The normalized spacial score (nSPS) is 10.8. The Labute approximate surface area is 134 Å². The van der Waals surface area contributed by atoms with E-state index < -0.39 is 0 Å². The van der Waals surface area contributed by atoms with Crippen molar-refractivity contribution in [2.24, 2.45) is 0 Å². The van der Waals surface area contributed by atoms with Gasteiger partial charge in [0.15, 0.2) is 5.78 Å². The highest BCUT2D eigenvalue weighted by atomic mass is 79.9. The topological polar surface area (TPSA) is 44.1 Å². The van der Waals surface area contributed by atoms with Gasteiger partial charge in [0.1, 0.15) is 11.5 Å². The number of nitrogens with zero attached hydrogens (tertiary/aromatic N) is 2. The number of methoxy groups -OCH3 is 1. The molecule has 7 heteroatoms. The van der Waals surface area contributed by atoms with Gasteiger partial charge in [-0.15, -0.1) is 11.8 Å². The number of rotatable bonds is 7. The second kappa shape index (κ2) is 7.72. The molecule has 1 heterocycles. The van der Waals surface area contributed by atoms with Crippen LogP contribution in [0.5, 0.6) is 0 Å². The first-order valence-electron chi connectivity index (χ1n) is 6.24. The lowest BCUT2D eigenvalue weighted by Gasteiger charge is -2.07. The minimum absolute atomic E-state index is 0.108. The third-order valence-corrected chi connectivity index (χ3v) is 4.39. The van der Waals surface area contributed by atoms with Gasteiger partial charge in [-0.25, -0.2) is 4.39 Å². The Balaban J connectivity index is 2.07. The van der Waals surface area contributed by atoms with Gasteiger partial charge in [-0.2, -0.15) is 5.10 Å². The van der Waals surface area contributed by atoms with Crippen molar-refractivity contribution >= 4 is 33.5 Å². The van der Waals surface area contributed by atoms with Crippen LogP contribution < -0.4 is 0 Å². The number of Topliss-reactive ketones (excluding diaryl/α,β-unsaturated/α-hetero) is 1. The van der Waals surface area contributed by atoms with Crippen LogP contribution in [0.3, 0.4) is 0 Å². The first-order valence-corrected chi connectivity index (χ1v) is 8.02. The summed E-state index contributed by atoms with van der Waals surface area (Å²) in [5.41, 5.74) is 0.482. The number of ketones is 1. The lowest BCUT2D eigenvalue weighted by molar-refractivity contribution is 0.100. The first-order chi connectivity index (χ1) is 10.1. The Morgan fingerprint density at radius 1 is 1.48 bits per heavy atom. The number of carbonyl (C=O) groups excluding carboxylic acids is 1. The number of hydrogen-bond donors (Lipinski definition) is 0. The number of hydrogen-bond acceptors (Lipinski definition) is 4. The molecular formula is C14H14BrFN2O2S. The van der Waals surface area contributed by atoms with Crippen LogP contribution in [-0.4, -0.2) is 35.0 Å². The maximum atomic E-state index is 13.5. The van der Waals surface area contributed by atoms with Gasteiger partial charge >= 0.3 is 0 Å². The number of benzene rings is 1. The van der Waals surface area contributed by atoms with Crippen LogP contribution in [0.2, 0.25) is 0 Å². The summed E-state index contributed by atoms with van der Waals surface area (Å²) in [4.78, 5) is 12.8. The van der Waals surface area contributed by atoms with Crippen molar-refractivity contribution in [2.75, 3.05) is 19.5 Å². The van der Waals surface area contributed by atoms with Crippen LogP contribution in [-0.2, 0) is 11.3 Å². The van der Waals surface area contributed by atoms with E-state index in [1.54, 1.807) is 36.2 Å². The van der Waals surface area contributed by atoms with Gasteiger partial charge in [0.25, 0.3) is 0 Å². The minimum Gasteiger partial charge on any atom is -0.383 e. The number of carbonyl (C=O) groups is 1. The third-order valence-electron chi connectivity index (χ3n) is 2.76. The van der Waals surface area contributed by atoms with Crippen LogP contribution in [0.25, 0.3) is 0 Å². The number of thioether (sulfide) groups is 1. The molecular weight excluding hydrogens is 359 g/mol. The highest BCUT2D eigenvalue weighted by Crippen LogP contribution is 2.24. The highest BCUT2D eigenvalue weighted by Gasteiger charge is 2.17. The molecule has 0 aliphatic carbocycles. The minimum atomic E-state index is -0.317. The molecule has 0 bridgehead atoms. The molecule has 0 spiro atoms. The summed E-state index contributed by atoms with van der Waals surface area (Å²) in [6, 6.07) is 6.41. The fourth-order valence-electron chi connectivity index (χ4n) is 1.76. The van der Waals surface area contributed by atoms with Gasteiger partial charge in [0.05, 0.1) is 29.6 Å². The Kier molecular flexibility index (Phi) is 5.96. The average Bonchev–Trinajstić information content (AvgIpc) is 2.85. The number of aromatic nitrogens is 2. The molecule has 0 saturated carbocycles. The molecule has 0 aliphatic rings. The van der Waals surface area contributed by atoms with Crippen LogP contribution in [0, 0.1) is 5.82 Å². The highest BCUT2D eigenvalue weighted by molar-refractivity contribution is 9.10. The molecule has 2 rings (SSSR count). The maximum absolute atomic E-state index is 13.5. The summed E-state index contributed by atoms with van der Waals surface area (Å²) in [6.07, 6.45) is 1.58. The van der Waals surface area contributed by atoms with E-state index in [1.165, 1.54) is 17.8 Å². The third kappa shape index (κ3) is 4.15. The fourth-order valence-corrected chi connectivity index (χ4v) is 3.08. The Hall–Kier alpha value is -1.18. The van der Waals surface area contributed by atoms with Crippen LogP contribution in [0.1, 0.15) is 10.5 Å². The van der Waals surface area contributed by atoms with Crippen LogP contribution >= 0.6 is 27.7 Å². The monoisotopic (exact) mass is 372 g/mol. The van der Waals surface area contributed by atoms with Crippen LogP contribution in [0.4, 0.5) is 4.39 Å². The molecule has 0 aliphatic heterocycles. The van der Waals surface area contributed by atoms with E-state index in [4.69, 9.17) is 4.74 Å². The van der Waals surface area contributed by atoms with E-state index in [2.05, 4.69) is 21.0 Å². The van der Waals surface area contributed by atoms with Gasteiger partial charge in [0, 0.05) is 12.0 Å². The van der Waals surface area contributed by atoms with Crippen molar-refractivity contribution in [2.45, 2.75) is 11.4 Å². The molecule has 21 heavy (non-hydrogen) atoms. The Morgan fingerprint density at radius 2 is 2.24 bits per heavy atom. The molecule has 0 N–H and O–H groups in total. The van der Waals surface area contributed by atoms with Gasteiger partial charge < -0.3 is 4.74 Å². The lowest BCUT2D eigenvalue weighted by Crippen LogP contribution is -2.15. The second-order valence-electron chi connectivity index (χ2n) is 4.20. The molecule has 0 radical (unpaired) electrons. The summed E-state index contributed by atoms with van der Waals surface area (Å²) >= 11 is 4.50. The Bertz CT molecular complexity index is 633. The standard InChI is InChI=1S/C14H14BrFN2O2S/c1-20-7-6-18-14(10(15)8-17-18)12(19)9-21-13-5-3-2-4-11(13)16/h2-5,8H,6-7,9H2,1H3. The molecule has 1 aromatic heterocycles. The van der Waals surface area contributed by atoms with E-state index in [0.29, 0.717) is 28.2 Å². The van der Waals surface area contributed by atoms with Gasteiger partial charge in [-0.05, 0) is 28.1 Å². The Morgan fingerprint density at radius 3 is 2.95 bits per heavy atom. The molecule has 4 nitrogen and oxygen atoms in total. The number of ether oxygens (including phenoxy) is 1. The predicted molar refractivity (Wildman–Crippen MR) is 83.3 cm³/mol. The van der Waals surface area contributed by atoms with E-state index in [1.807, 2.05) is 0 Å². The molecule has 0 fully saturated rings. The smallest absolute Gasteiger partial charge is 0.192 e. The van der Waals surface area contributed by atoms with Gasteiger partial charge in [0.2, 0.25) is 0 Å². The molecule has 2 aromatic rings. The van der Waals surface area contributed by atoms with Crippen molar-refractivity contribution in [3.63, 3.8) is 0 Å². The molecule has 0 amide bonds. The zero-order valence-electron chi connectivity index (χ0n) is 11.4. The average molecular weight is 373 g/mol. The first kappa shape index (κ1) is 16.2. The summed E-state index contributed by atoms with van der Waals surface area (Å²) in [5, 5.41) is 4.13. The molecule has 0 unspecified atom stereocenters. The second-order valence-corrected chi connectivity index (χ2v) is 6.07. The molecule has 0 atom stereocenters. The van der Waals surface area contributed by atoms with Crippen molar-refractivity contribution in [1.29, 1.82) is 0 Å². The van der Waals surface area contributed by atoms with Gasteiger partial charge in [-0.3, -0.25) is 9.48 Å². The molecule has 112 valence electrons. The van der Waals surface area contributed by atoms with Gasteiger partial charge in [-0.1, -0.05) is 12.1 Å². The van der Waals surface area contributed by atoms with E-state index in [-0.39, 0.29) is 17.4 Å². The van der Waals surface area contributed by atoms with E-state index in [0.717, 1.165) is 0 Å². The van der Waals surface area contributed by atoms with Crippen molar-refractivity contribution in [3.05, 3.63) is 46.4 Å². The quantitative estimate of drug-likeness (QED) is 0.551.